The van der Waals surface area contributed by atoms with E-state index in [4.69, 9.17) is 4.74 Å². The van der Waals surface area contributed by atoms with Gasteiger partial charge in [-0.25, -0.2) is 14.8 Å². The summed E-state index contributed by atoms with van der Waals surface area (Å²) in [5, 5.41) is 0. The van der Waals surface area contributed by atoms with Crippen LogP contribution in [-0.4, -0.2) is 26.9 Å². The highest BCUT2D eigenvalue weighted by molar-refractivity contribution is 5.87. The Hall–Kier alpha value is -1.91. The number of aromatic nitrogens is 3. The van der Waals surface area contributed by atoms with Gasteiger partial charge < -0.3 is 4.74 Å². The molecule has 0 amide bonds. The predicted octanol–water partition coefficient (Wildman–Crippen LogP) is 1.39. The fourth-order valence-corrected chi connectivity index (χ4v) is 2.26. The van der Waals surface area contributed by atoms with Crippen molar-refractivity contribution in [1.82, 2.24) is 14.4 Å². The first-order valence-electron chi connectivity index (χ1n) is 5.82. The van der Waals surface area contributed by atoms with Crippen LogP contribution in [0.4, 0.5) is 0 Å². The number of carbonyl (C=O) groups is 1. The maximum Gasteiger partial charge on any atom is 0.358 e. The van der Waals surface area contributed by atoms with E-state index >= 15 is 0 Å². The highest BCUT2D eigenvalue weighted by Gasteiger charge is 2.18. The molecular formula is C12H13N3O2. The molecule has 0 N–H and O–H groups in total. The van der Waals surface area contributed by atoms with E-state index in [1.165, 1.54) is 11.3 Å². The third-order valence-corrected chi connectivity index (χ3v) is 3.03. The molecule has 17 heavy (non-hydrogen) atoms. The molecule has 1 aliphatic carbocycles. The van der Waals surface area contributed by atoms with Crippen LogP contribution in [0, 0.1) is 0 Å². The predicted molar refractivity (Wildman–Crippen MR) is 61.0 cm³/mol. The summed E-state index contributed by atoms with van der Waals surface area (Å²) in [6.45, 7) is 2.14. The molecule has 0 aromatic carbocycles. The Morgan fingerprint density at radius 3 is 3.24 bits per heavy atom. The molecule has 2 aromatic heterocycles. The third-order valence-electron chi connectivity index (χ3n) is 3.03. The minimum absolute atomic E-state index is 0.333. The summed E-state index contributed by atoms with van der Waals surface area (Å²) in [4.78, 5) is 20.0. The topological polar surface area (TPSA) is 56.5 Å². The Morgan fingerprint density at radius 2 is 2.41 bits per heavy atom. The summed E-state index contributed by atoms with van der Waals surface area (Å²) in [5.41, 5.74) is 2.81. The number of hydrogen-bond acceptors (Lipinski definition) is 4. The van der Waals surface area contributed by atoms with Gasteiger partial charge in [-0.2, -0.15) is 0 Å². The molecule has 0 bridgehead atoms. The summed E-state index contributed by atoms with van der Waals surface area (Å²) in [6, 6.07) is 0. The van der Waals surface area contributed by atoms with Gasteiger partial charge in [0.25, 0.3) is 0 Å². The lowest BCUT2D eigenvalue weighted by Crippen LogP contribution is -2.04. The molecule has 88 valence electrons. The van der Waals surface area contributed by atoms with Crippen molar-refractivity contribution in [2.45, 2.75) is 26.2 Å². The molecule has 0 unspecified atom stereocenters. The van der Waals surface area contributed by atoms with E-state index in [1.807, 2.05) is 10.6 Å². The minimum atomic E-state index is -0.384. The second-order valence-electron chi connectivity index (χ2n) is 4.10. The quantitative estimate of drug-likeness (QED) is 0.733. The molecule has 3 rings (SSSR count). The smallest absolute Gasteiger partial charge is 0.358 e. The largest absolute Gasteiger partial charge is 0.461 e. The lowest BCUT2D eigenvalue weighted by Gasteiger charge is -2.00. The summed E-state index contributed by atoms with van der Waals surface area (Å²) in [7, 11) is 0. The Morgan fingerprint density at radius 1 is 1.53 bits per heavy atom. The van der Waals surface area contributed by atoms with Gasteiger partial charge in [0.15, 0.2) is 5.69 Å². The number of nitrogens with zero attached hydrogens (tertiary/aromatic N) is 3. The van der Waals surface area contributed by atoms with Gasteiger partial charge in [0, 0.05) is 18.1 Å². The molecule has 5 heteroatoms. The van der Waals surface area contributed by atoms with E-state index < -0.39 is 0 Å². The Bertz CT molecular complexity index is 589. The normalized spacial score (nSPS) is 13.9. The number of aryl methyl sites for hydroxylation is 2. The Labute approximate surface area is 98.4 Å². The van der Waals surface area contributed by atoms with Crippen LogP contribution in [-0.2, 0) is 17.6 Å². The summed E-state index contributed by atoms with van der Waals surface area (Å²) < 4.78 is 6.85. The zero-order valence-electron chi connectivity index (χ0n) is 9.64. The van der Waals surface area contributed by atoms with Crippen molar-refractivity contribution in [3.05, 3.63) is 29.3 Å². The number of fused-ring (bicyclic) bond motifs is 3. The number of ether oxygens (including phenoxy) is 1. The van der Waals surface area contributed by atoms with Crippen molar-refractivity contribution < 1.29 is 9.53 Å². The van der Waals surface area contributed by atoms with Crippen LogP contribution in [0.1, 0.15) is 35.1 Å². The van der Waals surface area contributed by atoms with Gasteiger partial charge in [-0.1, -0.05) is 0 Å². The fourth-order valence-electron chi connectivity index (χ4n) is 2.26. The SMILES string of the molecule is CCOC(=O)c1cn2c3c(cnc2n1)CCC3. The highest BCUT2D eigenvalue weighted by atomic mass is 16.5. The molecule has 0 aliphatic heterocycles. The molecule has 2 aromatic rings. The van der Waals surface area contributed by atoms with Crippen LogP contribution in [0.25, 0.3) is 5.78 Å². The molecular weight excluding hydrogens is 218 g/mol. The minimum Gasteiger partial charge on any atom is -0.461 e. The van der Waals surface area contributed by atoms with Gasteiger partial charge in [0.1, 0.15) is 0 Å². The van der Waals surface area contributed by atoms with Crippen LogP contribution in [0.3, 0.4) is 0 Å². The number of carbonyl (C=O) groups excluding carboxylic acids is 1. The van der Waals surface area contributed by atoms with Crippen LogP contribution < -0.4 is 0 Å². The highest BCUT2D eigenvalue weighted by Crippen LogP contribution is 2.22. The molecule has 2 heterocycles. The molecule has 0 radical (unpaired) electrons. The zero-order chi connectivity index (χ0) is 11.8. The van der Waals surface area contributed by atoms with Crippen molar-refractivity contribution in [2.24, 2.45) is 0 Å². The molecule has 0 atom stereocenters. The maximum atomic E-state index is 11.6. The first kappa shape index (κ1) is 10.3. The van der Waals surface area contributed by atoms with Gasteiger partial charge in [0.2, 0.25) is 5.78 Å². The lowest BCUT2D eigenvalue weighted by molar-refractivity contribution is 0.0520. The van der Waals surface area contributed by atoms with Gasteiger partial charge >= 0.3 is 5.97 Å². The van der Waals surface area contributed by atoms with Crippen LogP contribution in [0.15, 0.2) is 12.4 Å². The van der Waals surface area contributed by atoms with E-state index in [-0.39, 0.29) is 5.97 Å². The number of hydrogen-bond donors (Lipinski definition) is 0. The van der Waals surface area contributed by atoms with Gasteiger partial charge in [-0.05, 0) is 31.7 Å². The first-order valence-corrected chi connectivity index (χ1v) is 5.82. The Balaban J connectivity index is 2.10. The van der Waals surface area contributed by atoms with Crippen molar-refractivity contribution in [3.8, 4) is 0 Å². The second kappa shape index (κ2) is 3.84. The van der Waals surface area contributed by atoms with E-state index in [9.17, 15) is 4.79 Å². The maximum absolute atomic E-state index is 11.6. The molecule has 5 nitrogen and oxygen atoms in total. The second-order valence-corrected chi connectivity index (χ2v) is 4.10. The molecule has 0 saturated carbocycles. The Kier molecular flexibility index (Phi) is 2.31. The lowest BCUT2D eigenvalue weighted by atomic mass is 10.3. The monoisotopic (exact) mass is 231 g/mol. The van der Waals surface area contributed by atoms with Gasteiger partial charge in [0.05, 0.1) is 6.61 Å². The first-order chi connectivity index (χ1) is 8.29. The standard InChI is InChI=1S/C12H13N3O2/c1-2-17-11(16)9-7-15-10-5-3-4-8(10)6-13-12(15)14-9/h6-7H,2-5H2,1H3. The summed E-state index contributed by atoms with van der Waals surface area (Å²) in [5.74, 6) is 0.193. The molecule has 0 spiro atoms. The van der Waals surface area contributed by atoms with Crippen molar-refractivity contribution in [2.75, 3.05) is 6.61 Å². The average molecular weight is 231 g/mol. The number of rotatable bonds is 2. The van der Waals surface area contributed by atoms with Crippen molar-refractivity contribution in [1.29, 1.82) is 0 Å². The van der Waals surface area contributed by atoms with Crippen LogP contribution in [0.2, 0.25) is 0 Å². The zero-order valence-corrected chi connectivity index (χ0v) is 9.64. The molecule has 1 aliphatic rings. The summed E-state index contributed by atoms with van der Waals surface area (Å²) in [6.07, 6.45) is 6.81. The van der Waals surface area contributed by atoms with Crippen LogP contribution in [0.5, 0.6) is 0 Å². The van der Waals surface area contributed by atoms with E-state index in [0.29, 0.717) is 18.1 Å². The fraction of sp³-hybridized carbons (Fsp3) is 0.417. The number of esters is 1. The number of imidazole rings is 1. The van der Waals surface area contributed by atoms with Crippen LogP contribution >= 0.6 is 0 Å². The molecule has 0 fully saturated rings. The van der Waals surface area contributed by atoms with E-state index in [2.05, 4.69) is 9.97 Å². The third kappa shape index (κ3) is 1.58. The molecule has 0 saturated heterocycles. The summed E-state index contributed by atoms with van der Waals surface area (Å²) >= 11 is 0. The van der Waals surface area contributed by atoms with Gasteiger partial charge in [-0.3, -0.25) is 4.40 Å². The van der Waals surface area contributed by atoms with Gasteiger partial charge in [-0.15, -0.1) is 0 Å². The average Bonchev–Trinajstić information content (AvgIpc) is 2.94. The van der Waals surface area contributed by atoms with E-state index in [1.54, 1.807) is 13.1 Å². The van der Waals surface area contributed by atoms with Crippen molar-refractivity contribution >= 4 is 11.7 Å². The van der Waals surface area contributed by atoms with Crippen molar-refractivity contribution in [3.63, 3.8) is 0 Å². The van der Waals surface area contributed by atoms with E-state index in [0.717, 1.165) is 19.3 Å².